The Morgan fingerprint density at radius 2 is 1.85 bits per heavy atom. The Hall–Kier alpha value is -1.19. The van der Waals surface area contributed by atoms with Crippen LogP contribution in [0.1, 0.15) is 0 Å². The van der Waals surface area contributed by atoms with Gasteiger partial charge in [-0.05, 0) is 12.1 Å². The second-order valence-electron chi connectivity index (χ2n) is 2.08. The van der Waals surface area contributed by atoms with Crippen LogP contribution in [0.5, 0.6) is 5.75 Å². The van der Waals surface area contributed by atoms with E-state index in [4.69, 9.17) is 16.6 Å². The van der Waals surface area contributed by atoms with Crippen molar-refractivity contribution in [3.63, 3.8) is 0 Å². The summed E-state index contributed by atoms with van der Waals surface area (Å²) in [7, 11) is 0. The average molecular weight is 203 g/mol. The minimum Gasteiger partial charge on any atom is -0.506 e. The first kappa shape index (κ1) is 14.3. The van der Waals surface area contributed by atoms with E-state index < -0.39 is 0 Å². The fraction of sp³-hybridized carbons (Fsp3) is 0.111. The zero-order chi connectivity index (χ0) is 9.40. The molecule has 0 aliphatic rings. The summed E-state index contributed by atoms with van der Waals surface area (Å²) >= 11 is 0. The summed E-state index contributed by atoms with van der Waals surface area (Å²) in [5, 5.41) is 8.79. The van der Waals surface area contributed by atoms with Gasteiger partial charge < -0.3 is 16.6 Å². The summed E-state index contributed by atoms with van der Waals surface area (Å²) in [5.41, 5.74) is 10.6. The summed E-state index contributed by atoms with van der Waals surface area (Å²) in [6.07, 6.45) is 1.65. The number of aromatic hydroxyl groups is 1. The van der Waals surface area contributed by atoms with Gasteiger partial charge in [-0.2, -0.15) is 0 Å². The normalized spacial score (nSPS) is 7.46. The maximum absolute atomic E-state index is 8.79. The number of hydrogen-bond donors (Lipinski definition) is 3. The lowest BCUT2D eigenvalue weighted by molar-refractivity contribution is 0.478. The molecule has 0 amide bonds. The highest BCUT2D eigenvalue weighted by molar-refractivity contribution is 5.85. The van der Waals surface area contributed by atoms with Gasteiger partial charge in [0.15, 0.2) is 0 Å². The van der Waals surface area contributed by atoms with Gasteiger partial charge in [-0.25, -0.2) is 0 Å². The molecule has 0 aliphatic heterocycles. The van der Waals surface area contributed by atoms with Crippen LogP contribution in [0.3, 0.4) is 0 Å². The third kappa shape index (κ3) is 7.18. The molecule has 0 aromatic heterocycles. The second kappa shape index (κ2) is 8.90. The van der Waals surface area contributed by atoms with E-state index in [0.29, 0.717) is 12.2 Å². The van der Waals surface area contributed by atoms with Crippen molar-refractivity contribution in [2.75, 3.05) is 12.3 Å². The van der Waals surface area contributed by atoms with Crippen LogP contribution < -0.4 is 11.5 Å². The number of anilines is 1. The fourth-order valence-electron chi connectivity index (χ4n) is 0.488. The maximum atomic E-state index is 8.79. The van der Waals surface area contributed by atoms with Gasteiger partial charge in [0.05, 0.1) is 5.69 Å². The molecule has 1 aromatic rings. The van der Waals surface area contributed by atoms with Crippen LogP contribution in [0.2, 0.25) is 0 Å². The van der Waals surface area contributed by atoms with Gasteiger partial charge in [0.25, 0.3) is 0 Å². The molecule has 0 radical (unpaired) electrons. The number of phenolic OH excluding ortho intramolecular Hbond substituents is 1. The molecule has 0 bridgehead atoms. The number of halogens is 1. The Morgan fingerprint density at radius 1 is 1.38 bits per heavy atom. The van der Waals surface area contributed by atoms with E-state index in [-0.39, 0.29) is 18.2 Å². The van der Waals surface area contributed by atoms with Crippen LogP contribution in [-0.4, -0.2) is 11.7 Å². The lowest BCUT2D eigenvalue weighted by Crippen LogP contribution is -1.90. The third-order valence-electron chi connectivity index (χ3n) is 1.10. The fourth-order valence-corrected chi connectivity index (χ4v) is 0.488. The lowest BCUT2D eigenvalue weighted by Gasteiger charge is -1.92. The summed E-state index contributed by atoms with van der Waals surface area (Å²) in [4.78, 5) is 0. The van der Waals surface area contributed by atoms with Crippen LogP contribution in [-0.2, 0) is 0 Å². The molecule has 1 aromatic carbocycles. The van der Waals surface area contributed by atoms with E-state index in [0.717, 1.165) is 0 Å². The molecule has 0 spiro atoms. The Bertz CT molecular complexity index is 220. The summed E-state index contributed by atoms with van der Waals surface area (Å²) < 4.78 is 0. The van der Waals surface area contributed by atoms with Crippen molar-refractivity contribution < 1.29 is 5.11 Å². The maximum Gasteiger partial charge on any atom is 0.138 e. The first-order valence-electron chi connectivity index (χ1n) is 3.56. The van der Waals surface area contributed by atoms with E-state index in [9.17, 15) is 0 Å². The van der Waals surface area contributed by atoms with Crippen molar-refractivity contribution in [3.8, 4) is 5.75 Å². The number of phenols is 1. The highest BCUT2D eigenvalue weighted by Gasteiger charge is 1.87. The van der Waals surface area contributed by atoms with E-state index in [1.54, 1.807) is 30.3 Å². The van der Waals surface area contributed by atoms with Crippen molar-refractivity contribution in [1.82, 2.24) is 0 Å². The van der Waals surface area contributed by atoms with Crippen LogP contribution in [0.4, 0.5) is 5.69 Å². The number of hydrogen-bond acceptors (Lipinski definition) is 3. The van der Waals surface area contributed by atoms with Gasteiger partial charge >= 0.3 is 0 Å². The van der Waals surface area contributed by atoms with Crippen molar-refractivity contribution >= 4 is 18.1 Å². The van der Waals surface area contributed by atoms with E-state index in [1.807, 2.05) is 0 Å². The van der Waals surface area contributed by atoms with Crippen LogP contribution in [0, 0.1) is 0 Å². The Kier molecular flexibility index (Phi) is 9.82. The quantitative estimate of drug-likeness (QED) is 0.367. The van der Waals surface area contributed by atoms with Crippen molar-refractivity contribution in [2.24, 2.45) is 5.73 Å². The summed E-state index contributed by atoms with van der Waals surface area (Å²) in [5.74, 6) is 0.146. The number of benzene rings is 1. The molecule has 0 heterocycles. The topological polar surface area (TPSA) is 72.3 Å². The van der Waals surface area contributed by atoms with Crippen LogP contribution in [0.15, 0.2) is 36.9 Å². The van der Waals surface area contributed by atoms with Crippen LogP contribution >= 0.6 is 12.4 Å². The monoisotopic (exact) mass is 202 g/mol. The van der Waals surface area contributed by atoms with E-state index in [1.165, 1.54) is 0 Å². The van der Waals surface area contributed by atoms with Gasteiger partial charge in [0.2, 0.25) is 0 Å². The average Bonchev–Trinajstić information content (AvgIpc) is 2.11. The smallest absolute Gasteiger partial charge is 0.138 e. The highest BCUT2D eigenvalue weighted by Crippen LogP contribution is 2.16. The molecule has 13 heavy (non-hydrogen) atoms. The first-order valence-corrected chi connectivity index (χ1v) is 3.56. The zero-order valence-corrected chi connectivity index (χ0v) is 8.13. The largest absolute Gasteiger partial charge is 0.506 e. The Labute approximate surface area is 84.5 Å². The predicted molar refractivity (Wildman–Crippen MR) is 59.0 cm³/mol. The lowest BCUT2D eigenvalue weighted by atomic mass is 10.3. The number of nitrogens with two attached hydrogens (primary N) is 2. The second-order valence-corrected chi connectivity index (χ2v) is 2.08. The summed E-state index contributed by atoms with van der Waals surface area (Å²) in [6.45, 7) is 3.94. The highest BCUT2D eigenvalue weighted by atomic mass is 35.5. The van der Waals surface area contributed by atoms with E-state index in [2.05, 4.69) is 6.58 Å². The van der Waals surface area contributed by atoms with Crippen LogP contribution in [0.25, 0.3) is 0 Å². The SMILES string of the molecule is C=CCN.Cl.Nc1ccccc1O. The molecule has 1 rings (SSSR count). The molecule has 0 saturated heterocycles. The van der Waals surface area contributed by atoms with Gasteiger partial charge in [0.1, 0.15) is 5.75 Å². The molecular weight excluding hydrogens is 188 g/mol. The van der Waals surface area contributed by atoms with E-state index >= 15 is 0 Å². The van der Waals surface area contributed by atoms with Gasteiger partial charge in [-0.15, -0.1) is 19.0 Å². The molecule has 5 N–H and O–H groups in total. The predicted octanol–water partition coefficient (Wildman–Crippen LogP) is 1.53. The van der Waals surface area contributed by atoms with Gasteiger partial charge in [0, 0.05) is 6.54 Å². The molecule has 0 saturated carbocycles. The molecule has 3 nitrogen and oxygen atoms in total. The minimum atomic E-state index is 0. The number of nitrogen functional groups attached to an aromatic ring is 1. The van der Waals surface area contributed by atoms with Crippen molar-refractivity contribution in [1.29, 1.82) is 0 Å². The Balaban J connectivity index is 0. The zero-order valence-electron chi connectivity index (χ0n) is 7.31. The minimum absolute atomic E-state index is 0. The third-order valence-corrected chi connectivity index (χ3v) is 1.10. The molecule has 0 fully saturated rings. The molecule has 0 unspecified atom stereocenters. The summed E-state index contributed by atoms with van der Waals surface area (Å²) in [6, 6.07) is 6.70. The van der Waals surface area contributed by atoms with Crippen molar-refractivity contribution in [3.05, 3.63) is 36.9 Å². The molecule has 74 valence electrons. The number of para-hydroxylation sites is 2. The van der Waals surface area contributed by atoms with Gasteiger partial charge in [-0.3, -0.25) is 0 Å². The van der Waals surface area contributed by atoms with Crippen molar-refractivity contribution in [2.45, 2.75) is 0 Å². The standard InChI is InChI=1S/C6H7NO.C3H7N.ClH/c7-5-3-1-2-4-6(5)8;1-2-3-4;/h1-4,8H,7H2;2H,1,3-4H2;1H. The van der Waals surface area contributed by atoms with Gasteiger partial charge in [-0.1, -0.05) is 18.2 Å². The molecule has 0 atom stereocenters. The number of rotatable bonds is 1. The first-order chi connectivity index (χ1) is 5.72. The molecule has 0 aliphatic carbocycles. The molecular formula is C9H15ClN2O. The molecule has 4 heteroatoms. The Morgan fingerprint density at radius 3 is 2.08 bits per heavy atom.